The molecule has 10 nitrogen and oxygen atoms in total. The fourth-order valence-corrected chi connectivity index (χ4v) is 5.07. The van der Waals surface area contributed by atoms with Crippen molar-refractivity contribution < 1.29 is 14.6 Å². The molecule has 2 aliphatic heterocycles. The van der Waals surface area contributed by atoms with E-state index in [1.54, 1.807) is 23.0 Å². The number of amides is 1. The van der Waals surface area contributed by atoms with E-state index in [9.17, 15) is 9.90 Å². The molecule has 4 aromatic rings. The molecule has 35 heavy (non-hydrogen) atoms. The van der Waals surface area contributed by atoms with Crippen LogP contribution in [0.5, 0.6) is 5.75 Å². The van der Waals surface area contributed by atoms with Crippen molar-refractivity contribution in [2.75, 3.05) is 29.9 Å². The average molecular weight is 474 g/mol. The fourth-order valence-electron chi connectivity index (χ4n) is 5.07. The van der Waals surface area contributed by atoms with E-state index in [2.05, 4.69) is 29.9 Å². The molecule has 2 aliphatic rings. The number of imidazole rings is 1. The predicted molar refractivity (Wildman–Crippen MR) is 130 cm³/mol. The van der Waals surface area contributed by atoms with E-state index in [-0.39, 0.29) is 12.5 Å². The van der Waals surface area contributed by atoms with Crippen LogP contribution in [0.4, 0.5) is 11.4 Å². The Morgan fingerprint density at radius 3 is 2.89 bits per heavy atom. The van der Waals surface area contributed by atoms with Crippen LogP contribution in [0.3, 0.4) is 0 Å². The van der Waals surface area contributed by atoms with Crippen molar-refractivity contribution in [1.29, 1.82) is 0 Å². The highest BCUT2D eigenvalue weighted by atomic mass is 16.5. The molecule has 0 radical (unpaired) electrons. The van der Waals surface area contributed by atoms with Gasteiger partial charge in [-0.25, -0.2) is 14.5 Å². The highest BCUT2D eigenvalue weighted by molar-refractivity contribution is 6.09. The quantitative estimate of drug-likeness (QED) is 0.459. The summed E-state index contributed by atoms with van der Waals surface area (Å²) >= 11 is 0. The lowest BCUT2D eigenvalue weighted by Crippen LogP contribution is -2.35. The summed E-state index contributed by atoms with van der Waals surface area (Å²) in [5.41, 5.74) is 2.84. The van der Waals surface area contributed by atoms with Crippen LogP contribution in [0.1, 0.15) is 41.7 Å². The number of piperidine rings is 1. The Balaban J connectivity index is 1.31. The number of aliphatic hydroxyl groups excluding tert-OH is 1. The fraction of sp³-hybridized carbons (Fsp3) is 0.360. The molecule has 0 saturated carbocycles. The first-order valence-corrected chi connectivity index (χ1v) is 11.8. The van der Waals surface area contributed by atoms with Crippen molar-refractivity contribution in [3.8, 4) is 5.75 Å². The van der Waals surface area contributed by atoms with Gasteiger partial charge in [0.25, 0.3) is 5.91 Å². The highest BCUT2D eigenvalue weighted by Gasteiger charge is 2.36. The minimum Gasteiger partial charge on any atom is -0.484 e. The molecule has 2 N–H and O–H groups in total. The highest BCUT2D eigenvalue weighted by Crippen LogP contribution is 2.43. The molecule has 3 aromatic heterocycles. The van der Waals surface area contributed by atoms with Gasteiger partial charge in [-0.05, 0) is 31.9 Å². The molecule has 0 aliphatic carbocycles. The Bertz CT molecular complexity index is 1380. The van der Waals surface area contributed by atoms with Crippen LogP contribution in [0.2, 0.25) is 0 Å². The molecule has 1 fully saturated rings. The molecule has 0 spiro atoms. The molecule has 0 unspecified atom stereocenters. The number of carbonyl (C=O) groups is 1. The third-order valence-electron chi connectivity index (χ3n) is 6.96. The molecule has 10 heteroatoms. The second kappa shape index (κ2) is 8.38. The molecule has 1 amide bonds. The lowest BCUT2D eigenvalue weighted by atomic mass is 9.98. The van der Waals surface area contributed by atoms with Crippen LogP contribution in [0.15, 0.2) is 55.5 Å². The average Bonchev–Trinajstić information content (AvgIpc) is 3.62. The van der Waals surface area contributed by atoms with E-state index in [4.69, 9.17) is 4.74 Å². The number of hydrogen-bond donors (Lipinski definition) is 2. The predicted octanol–water partition coefficient (Wildman–Crippen LogP) is 2.71. The number of nitrogens with zero attached hydrogens (tertiary/aromatic N) is 6. The van der Waals surface area contributed by atoms with Crippen molar-refractivity contribution in [2.24, 2.45) is 0 Å². The summed E-state index contributed by atoms with van der Waals surface area (Å²) in [6.07, 6.45) is 13.1. The van der Waals surface area contributed by atoms with Crippen LogP contribution in [0.25, 0.3) is 5.65 Å². The molecular weight excluding hydrogens is 446 g/mol. The Labute approximate surface area is 202 Å². The molecule has 1 atom stereocenters. The number of benzene rings is 1. The summed E-state index contributed by atoms with van der Waals surface area (Å²) in [6, 6.07) is 6.15. The molecule has 1 saturated heterocycles. The normalized spacial score (nSPS) is 20.1. The SMILES string of the molecule is C[C@@]1(CO)Cc2cc(NC(=O)c3cnn4cccnc34)c(N3CCC(n4ccnc4)CC3)cc2O1. The Hall–Kier alpha value is -3.92. The Kier molecular flexibility index (Phi) is 5.18. The minimum atomic E-state index is -0.664. The summed E-state index contributed by atoms with van der Waals surface area (Å²) in [5, 5.41) is 17.2. The van der Waals surface area contributed by atoms with Gasteiger partial charge < -0.3 is 24.6 Å². The van der Waals surface area contributed by atoms with Gasteiger partial charge in [0.2, 0.25) is 0 Å². The molecule has 1 aromatic carbocycles. The van der Waals surface area contributed by atoms with Gasteiger partial charge in [-0.3, -0.25) is 4.79 Å². The summed E-state index contributed by atoms with van der Waals surface area (Å²) in [5.74, 6) is 0.487. The van der Waals surface area contributed by atoms with Crippen LogP contribution < -0.4 is 15.0 Å². The van der Waals surface area contributed by atoms with Gasteiger partial charge in [0.15, 0.2) is 5.65 Å². The largest absolute Gasteiger partial charge is 0.484 e. The van der Waals surface area contributed by atoms with Crippen LogP contribution in [-0.2, 0) is 6.42 Å². The first-order chi connectivity index (χ1) is 17.0. The van der Waals surface area contributed by atoms with E-state index >= 15 is 0 Å². The maximum atomic E-state index is 13.3. The van der Waals surface area contributed by atoms with Crippen LogP contribution >= 0.6 is 0 Å². The Morgan fingerprint density at radius 1 is 1.26 bits per heavy atom. The summed E-state index contributed by atoms with van der Waals surface area (Å²) in [6.45, 7) is 3.48. The van der Waals surface area contributed by atoms with Crippen molar-refractivity contribution in [2.45, 2.75) is 37.8 Å². The van der Waals surface area contributed by atoms with Gasteiger partial charge >= 0.3 is 0 Å². The molecule has 180 valence electrons. The minimum absolute atomic E-state index is 0.0803. The number of ether oxygens (including phenoxy) is 1. The first-order valence-electron chi connectivity index (χ1n) is 11.8. The maximum absolute atomic E-state index is 13.3. The van der Waals surface area contributed by atoms with Crippen LogP contribution in [0, 0.1) is 0 Å². The number of hydrogen-bond acceptors (Lipinski definition) is 7. The van der Waals surface area contributed by atoms with E-state index in [0.717, 1.165) is 48.6 Å². The number of aromatic nitrogens is 5. The van der Waals surface area contributed by atoms with Crippen molar-refractivity contribution in [1.82, 2.24) is 24.1 Å². The second-order valence-electron chi connectivity index (χ2n) is 9.49. The number of fused-ring (bicyclic) bond motifs is 2. The smallest absolute Gasteiger partial charge is 0.261 e. The lowest BCUT2D eigenvalue weighted by molar-refractivity contribution is 0.0447. The lowest BCUT2D eigenvalue weighted by Gasteiger charge is -2.35. The van der Waals surface area contributed by atoms with Gasteiger partial charge in [-0.1, -0.05) is 0 Å². The van der Waals surface area contributed by atoms with Crippen molar-refractivity contribution in [3.63, 3.8) is 0 Å². The maximum Gasteiger partial charge on any atom is 0.261 e. The van der Waals surface area contributed by atoms with E-state index in [0.29, 0.717) is 23.7 Å². The third-order valence-corrected chi connectivity index (χ3v) is 6.96. The number of aliphatic hydroxyl groups is 1. The summed E-state index contributed by atoms with van der Waals surface area (Å²) in [4.78, 5) is 24.1. The van der Waals surface area contributed by atoms with Crippen molar-refractivity contribution in [3.05, 3.63) is 66.6 Å². The number of anilines is 2. The first kappa shape index (κ1) is 21.6. The second-order valence-corrected chi connectivity index (χ2v) is 9.49. The molecule has 5 heterocycles. The van der Waals surface area contributed by atoms with E-state index in [1.807, 2.05) is 37.8 Å². The topological polar surface area (TPSA) is 110 Å². The van der Waals surface area contributed by atoms with Gasteiger partial charge in [-0.15, -0.1) is 0 Å². The van der Waals surface area contributed by atoms with Crippen LogP contribution in [-0.4, -0.2) is 60.5 Å². The number of rotatable bonds is 5. The third kappa shape index (κ3) is 3.89. The van der Waals surface area contributed by atoms with E-state index in [1.165, 1.54) is 6.20 Å². The summed E-state index contributed by atoms with van der Waals surface area (Å²) in [7, 11) is 0. The standard InChI is InChI=1S/C25H27N7O3/c1-25(15-33)13-17-11-20(29-24(34)19-14-28-32-7-2-5-27-23(19)32)21(12-22(17)35-25)30-8-3-18(4-9-30)31-10-6-26-16-31/h2,5-7,10-12,14,16,18,33H,3-4,8-9,13,15H2,1H3,(H,29,34)/t25-/m0/s1. The molecule has 0 bridgehead atoms. The zero-order chi connectivity index (χ0) is 24.0. The molecular formula is C25H27N7O3. The number of nitrogens with one attached hydrogen (secondary N) is 1. The van der Waals surface area contributed by atoms with Gasteiger partial charge in [0.05, 0.1) is 30.5 Å². The van der Waals surface area contributed by atoms with Gasteiger partial charge in [0.1, 0.15) is 16.9 Å². The molecule has 6 rings (SSSR count). The zero-order valence-corrected chi connectivity index (χ0v) is 19.5. The summed E-state index contributed by atoms with van der Waals surface area (Å²) < 4.78 is 9.87. The van der Waals surface area contributed by atoms with Crippen molar-refractivity contribution >= 4 is 22.9 Å². The van der Waals surface area contributed by atoms with Gasteiger partial charge in [0, 0.05) is 62.0 Å². The van der Waals surface area contributed by atoms with E-state index < -0.39 is 5.60 Å². The number of carbonyl (C=O) groups excluding carboxylic acids is 1. The van der Waals surface area contributed by atoms with Gasteiger partial charge in [-0.2, -0.15) is 5.10 Å². The zero-order valence-electron chi connectivity index (χ0n) is 19.5. The Morgan fingerprint density at radius 2 is 2.11 bits per heavy atom. The monoisotopic (exact) mass is 473 g/mol.